The SMILES string of the molecule is CCCNC(CS(C)(=O)=O)c1ccc2c(c1)CCCC2. The molecule has 0 aromatic heterocycles. The fourth-order valence-electron chi connectivity index (χ4n) is 2.86. The zero-order chi connectivity index (χ0) is 14.6. The van der Waals surface area contributed by atoms with Gasteiger partial charge in [0.1, 0.15) is 9.84 Å². The topological polar surface area (TPSA) is 46.2 Å². The van der Waals surface area contributed by atoms with E-state index in [1.54, 1.807) is 0 Å². The Hall–Kier alpha value is -0.870. The summed E-state index contributed by atoms with van der Waals surface area (Å²) in [5.41, 5.74) is 3.96. The van der Waals surface area contributed by atoms with Crippen LogP contribution in [0.4, 0.5) is 0 Å². The third-order valence-corrected chi connectivity index (χ3v) is 4.82. The van der Waals surface area contributed by atoms with Crippen LogP contribution in [-0.4, -0.2) is 27.0 Å². The maximum atomic E-state index is 11.6. The molecule has 0 fully saturated rings. The molecule has 4 heteroatoms. The van der Waals surface area contributed by atoms with E-state index in [1.165, 1.54) is 30.2 Å². The highest BCUT2D eigenvalue weighted by molar-refractivity contribution is 7.90. The van der Waals surface area contributed by atoms with Crippen molar-refractivity contribution in [3.63, 3.8) is 0 Å². The van der Waals surface area contributed by atoms with Crippen molar-refractivity contribution in [2.75, 3.05) is 18.6 Å². The third kappa shape index (κ3) is 4.32. The van der Waals surface area contributed by atoms with Crippen molar-refractivity contribution in [1.29, 1.82) is 0 Å². The number of aryl methyl sites for hydroxylation is 2. The van der Waals surface area contributed by atoms with Crippen molar-refractivity contribution in [2.45, 2.75) is 45.1 Å². The molecule has 1 aromatic rings. The van der Waals surface area contributed by atoms with E-state index in [0.717, 1.165) is 31.4 Å². The van der Waals surface area contributed by atoms with Crippen molar-refractivity contribution in [3.05, 3.63) is 34.9 Å². The van der Waals surface area contributed by atoms with Crippen LogP contribution in [0.15, 0.2) is 18.2 Å². The molecule has 0 saturated carbocycles. The summed E-state index contributed by atoms with van der Waals surface area (Å²) in [6.45, 7) is 2.94. The lowest BCUT2D eigenvalue weighted by Crippen LogP contribution is -2.28. The van der Waals surface area contributed by atoms with Gasteiger partial charge in [-0.05, 0) is 55.3 Å². The van der Waals surface area contributed by atoms with Crippen molar-refractivity contribution < 1.29 is 8.42 Å². The van der Waals surface area contributed by atoms with Gasteiger partial charge < -0.3 is 5.32 Å². The summed E-state index contributed by atoms with van der Waals surface area (Å²) in [7, 11) is -2.99. The molecule has 0 radical (unpaired) electrons. The fraction of sp³-hybridized carbons (Fsp3) is 0.625. The van der Waals surface area contributed by atoms with Gasteiger partial charge in [0.05, 0.1) is 5.75 Å². The second kappa shape index (κ2) is 6.72. The predicted molar refractivity (Wildman–Crippen MR) is 83.8 cm³/mol. The first-order valence-electron chi connectivity index (χ1n) is 7.52. The molecule has 20 heavy (non-hydrogen) atoms. The van der Waals surface area contributed by atoms with Crippen LogP contribution in [0.2, 0.25) is 0 Å². The molecule has 112 valence electrons. The summed E-state index contributed by atoms with van der Waals surface area (Å²) < 4.78 is 23.3. The van der Waals surface area contributed by atoms with Crippen LogP contribution in [0, 0.1) is 0 Å². The van der Waals surface area contributed by atoms with Crippen molar-refractivity contribution in [1.82, 2.24) is 5.32 Å². The van der Waals surface area contributed by atoms with Crippen LogP contribution in [0.25, 0.3) is 0 Å². The van der Waals surface area contributed by atoms with Gasteiger partial charge in [0.2, 0.25) is 0 Å². The van der Waals surface area contributed by atoms with Crippen LogP contribution < -0.4 is 5.32 Å². The molecule has 3 nitrogen and oxygen atoms in total. The second-order valence-corrected chi connectivity index (χ2v) is 8.02. The molecule has 0 amide bonds. The number of fused-ring (bicyclic) bond motifs is 1. The van der Waals surface area contributed by atoms with Crippen molar-refractivity contribution in [3.8, 4) is 0 Å². The van der Waals surface area contributed by atoms with Gasteiger partial charge in [-0.1, -0.05) is 25.1 Å². The van der Waals surface area contributed by atoms with Gasteiger partial charge in [-0.15, -0.1) is 0 Å². The molecule has 1 aromatic carbocycles. The first-order chi connectivity index (χ1) is 9.49. The van der Waals surface area contributed by atoms with Crippen LogP contribution in [0.5, 0.6) is 0 Å². The molecule has 2 rings (SSSR count). The minimum atomic E-state index is -2.99. The minimum absolute atomic E-state index is 0.0859. The largest absolute Gasteiger partial charge is 0.309 e. The zero-order valence-electron chi connectivity index (χ0n) is 12.5. The van der Waals surface area contributed by atoms with Crippen molar-refractivity contribution >= 4 is 9.84 Å². The molecular formula is C16H25NO2S. The van der Waals surface area contributed by atoms with Crippen LogP contribution in [0.3, 0.4) is 0 Å². The van der Waals surface area contributed by atoms with Gasteiger partial charge in [-0.25, -0.2) is 8.42 Å². The summed E-state index contributed by atoms with van der Waals surface area (Å²) in [4.78, 5) is 0. The molecule has 0 aliphatic heterocycles. The monoisotopic (exact) mass is 295 g/mol. The highest BCUT2D eigenvalue weighted by Crippen LogP contribution is 2.25. The lowest BCUT2D eigenvalue weighted by molar-refractivity contribution is 0.548. The number of hydrogen-bond donors (Lipinski definition) is 1. The van der Waals surface area contributed by atoms with Gasteiger partial charge in [0, 0.05) is 12.3 Å². The number of benzene rings is 1. The fourth-order valence-corrected chi connectivity index (χ4v) is 3.78. The molecule has 1 aliphatic carbocycles. The Morgan fingerprint density at radius 3 is 2.55 bits per heavy atom. The van der Waals surface area contributed by atoms with E-state index in [-0.39, 0.29) is 11.8 Å². The molecule has 1 atom stereocenters. The smallest absolute Gasteiger partial charge is 0.149 e. The maximum absolute atomic E-state index is 11.6. The molecule has 1 unspecified atom stereocenters. The Labute approximate surface area is 122 Å². The quantitative estimate of drug-likeness (QED) is 0.877. The molecular weight excluding hydrogens is 270 g/mol. The highest BCUT2D eigenvalue weighted by atomic mass is 32.2. The van der Waals surface area contributed by atoms with E-state index in [0.29, 0.717) is 0 Å². The maximum Gasteiger partial charge on any atom is 0.149 e. The van der Waals surface area contributed by atoms with Crippen molar-refractivity contribution in [2.24, 2.45) is 0 Å². The van der Waals surface area contributed by atoms with Gasteiger partial charge in [0.25, 0.3) is 0 Å². The lowest BCUT2D eigenvalue weighted by atomic mass is 9.89. The van der Waals surface area contributed by atoms with E-state index in [4.69, 9.17) is 0 Å². The van der Waals surface area contributed by atoms with Gasteiger partial charge >= 0.3 is 0 Å². The standard InChI is InChI=1S/C16H25NO2S/c1-3-10-17-16(12-20(2,18)19)15-9-8-13-6-4-5-7-14(13)11-15/h8-9,11,16-17H,3-7,10,12H2,1-2H3. The first kappa shape index (κ1) is 15.5. The average molecular weight is 295 g/mol. The van der Waals surface area contributed by atoms with E-state index < -0.39 is 9.84 Å². The minimum Gasteiger partial charge on any atom is -0.309 e. The number of rotatable bonds is 6. The Morgan fingerprint density at radius 2 is 1.90 bits per heavy atom. The van der Waals surface area contributed by atoms with Gasteiger partial charge in [-0.3, -0.25) is 0 Å². The number of nitrogens with one attached hydrogen (secondary N) is 1. The molecule has 0 heterocycles. The van der Waals surface area contributed by atoms with Crippen LogP contribution in [0.1, 0.15) is 48.9 Å². The predicted octanol–water partition coefficient (Wildman–Crippen LogP) is 2.65. The normalized spacial score (nSPS) is 16.7. The van der Waals surface area contributed by atoms with E-state index in [1.807, 2.05) is 0 Å². The number of sulfone groups is 1. The second-order valence-electron chi connectivity index (χ2n) is 5.83. The van der Waals surface area contributed by atoms with Crippen LogP contribution >= 0.6 is 0 Å². The van der Waals surface area contributed by atoms with Gasteiger partial charge in [0.15, 0.2) is 0 Å². The summed E-state index contributed by atoms with van der Waals surface area (Å²) in [5, 5.41) is 3.37. The van der Waals surface area contributed by atoms with Crippen LogP contribution in [-0.2, 0) is 22.7 Å². The lowest BCUT2D eigenvalue weighted by Gasteiger charge is -2.22. The summed E-state index contributed by atoms with van der Waals surface area (Å²) in [5.74, 6) is 0.172. The Morgan fingerprint density at radius 1 is 1.20 bits per heavy atom. The number of hydrogen-bond acceptors (Lipinski definition) is 3. The van der Waals surface area contributed by atoms with Gasteiger partial charge in [-0.2, -0.15) is 0 Å². The first-order valence-corrected chi connectivity index (χ1v) is 9.58. The Kier molecular flexibility index (Phi) is 5.22. The Balaban J connectivity index is 2.23. The molecule has 0 bridgehead atoms. The summed E-state index contributed by atoms with van der Waals surface area (Å²) >= 11 is 0. The summed E-state index contributed by atoms with van der Waals surface area (Å²) in [6, 6.07) is 6.42. The van der Waals surface area contributed by atoms with E-state index >= 15 is 0 Å². The highest BCUT2D eigenvalue weighted by Gasteiger charge is 2.18. The zero-order valence-corrected chi connectivity index (χ0v) is 13.3. The average Bonchev–Trinajstić information content (AvgIpc) is 2.41. The molecule has 1 N–H and O–H groups in total. The molecule has 0 spiro atoms. The van der Waals surface area contributed by atoms with E-state index in [2.05, 4.69) is 30.4 Å². The summed E-state index contributed by atoms with van der Waals surface area (Å²) in [6.07, 6.45) is 7.12. The molecule has 1 aliphatic rings. The molecule has 0 saturated heterocycles. The Bertz CT molecular complexity index is 552. The van der Waals surface area contributed by atoms with E-state index in [9.17, 15) is 8.42 Å². The third-order valence-electron chi connectivity index (χ3n) is 3.89.